The maximum Gasteiger partial charge on any atom is 0.279 e. The number of allylic oxidation sites excluding steroid dienone is 1. The van der Waals surface area contributed by atoms with Crippen LogP contribution in [0.15, 0.2) is 58.7 Å². The number of Topliss-reactive ketones (excluding diaryl/α,β-unsaturated/α-hetero) is 1. The molecule has 9 heteroatoms. The standard InChI is InChI=1S/C23H25N3O5S/c1-5-30-19-11-17(22-21(15(3)27)14(2)24-23(25-22)32-4)18(26(28)29)12-20(19)31-13-16-9-7-6-8-10-16/h6-12,22H,5,13H2,1-4H3,(H,24,25)/t22-/m0/s1. The molecule has 0 saturated heterocycles. The number of carbonyl (C=O) groups excluding carboxylic acids is 1. The Hall–Kier alpha value is -3.33. The maximum atomic E-state index is 12.4. The van der Waals surface area contributed by atoms with Crippen molar-refractivity contribution < 1.29 is 19.2 Å². The molecule has 0 aliphatic carbocycles. The molecular formula is C23H25N3O5S. The minimum absolute atomic E-state index is 0.181. The van der Waals surface area contributed by atoms with Gasteiger partial charge in [-0.3, -0.25) is 14.9 Å². The number of ether oxygens (including phenoxy) is 2. The Morgan fingerprint density at radius 2 is 1.91 bits per heavy atom. The van der Waals surface area contributed by atoms with Gasteiger partial charge in [0, 0.05) is 11.3 Å². The molecule has 2 aromatic carbocycles. The quantitative estimate of drug-likeness (QED) is 0.450. The summed E-state index contributed by atoms with van der Waals surface area (Å²) >= 11 is 1.37. The van der Waals surface area contributed by atoms with Crippen LogP contribution in [0.4, 0.5) is 5.69 Å². The van der Waals surface area contributed by atoms with Gasteiger partial charge in [0.2, 0.25) is 0 Å². The van der Waals surface area contributed by atoms with Crippen LogP contribution in [0, 0.1) is 10.1 Å². The molecule has 0 unspecified atom stereocenters. The maximum absolute atomic E-state index is 12.4. The molecule has 0 fully saturated rings. The number of nitro benzene ring substituents is 1. The zero-order chi connectivity index (χ0) is 23.3. The molecule has 0 saturated carbocycles. The smallest absolute Gasteiger partial charge is 0.279 e. The molecule has 3 rings (SSSR count). The summed E-state index contributed by atoms with van der Waals surface area (Å²) in [6.45, 7) is 5.60. The van der Waals surface area contributed by atoms with Gasteiger partial charge in [0.1, 0.15) is 12.6 Å². The fourth-order valence-electron chi connectivity index (χ4n) is 3.49. The summed E-state index contributed by atoms with van der Waals surface area (Å²) in [5.74, 6) is 0.420. The number of benzene rings is 2. The first kappa shape index (κ1) is 23.3. The first-order valence-corrected chi connectivity index (χ1v) is 11.3. The molecule has 1 N–H and O–H groups in total. The van der Waals surface area contributed by atoms with Crippen LogP contribution >= 0.6 is 11.8 Å². The van der Waals surface area contributed by atoms with E-state index in [0.717, 1.165) is 5.56 Å². The number of nitro groups is 1. The number of nitrogens with zero attached hydrogens (tertiary/aromatic N) is 2. The highest BCUT2D eigenvalue weighted by atomic mass is 32.2. The fraction of sp³-hybridized carbons (Fsp3) is 0.304. The topological polar surface area (TPSA) is 103 Å². The number of carbonyl (C=O) groups is 1. The van der Waals surface area contributed by atoms with E-state index in [-0.39, 0.29) is 29.4 Å². The zero-order valence-corrected chi connectivity index (χ0v) is 19.2. The van der Waals surface area contributed by atoms with Gasteiger partial charge < -0.3 is 14.8 Å². The molecule has 1 aliphatic heterocycles. The Kier molecular flexibility index (Phi) is 7.53. The lowest BCUT2D eigenvalue weighted by Gasteiger charge is -2.25. The zero-order valence-electron chi connectivity index (χ0n) is 18.4. The summed E-state index contributed by atoms with van der Waals surface area (Å²) < 4.78 is 11.6. The second-order valence-electron chi connectivity index (χ2n) is 7.08. The Labute approximate surface area is 190 Å². The highest BCUT2D eigenvalue weighted by molar-refractivity contribution is 8.13. The lowest BCUT2D eigenvalue weighted by molar-refractivity contribution is -0.385. The molecule has 0 aromatic heterocycles. The van der Waals surface area contributed by atoms with Crippen molar-refractivity contribution in [3.05, 3.63) is 75.0 Å². The summed E-state index contributed by atoms with van der Waals surface area (Å²) in [6, 6.07) is 11.6. The average Bonchev–Trinajstić information content (AvgIpc) is 2.77. The van der Waals surface area contributed by atoms with E-state index in [9.17, 15) is 14.9 Å². The van der Waals surface area contributed by atoms with Gasteiger partial charge in [-0.2, -0.15) is 0 Å². The molecule has 0 spiro atoms. The number of ketones is 1. The third-order valence-electron chi connectivity index (χ3n) is 4.91. The Balaban J connectivity index is 2.11. The van der Waals surface area contributed by atoms with Crippen LogP contribution in [0.5, 0.6) is 11.5 Å². The normalized spacial score (nSPS) is 15.6. The molecule has 0 amide bonds. The fourth-order valence-corrected chi connectivity index (χ4v) is 3.96. The molecule has 1 heterocycles. The van der Waals surface area contributed by atoms with Crippen LogP contribution in [0.25, 0.3) is 0 Å². The van der Waals surface area contributed by atoms with Gasteiger partial charge >= 0.3 is 0 Å². The van der Waals surface area contributed by atoms with Crippen LogP contribution in [0.2, 0.25) is 0 Å². The number of nitrogens with one attached hydrogen (secondary N) is 1. The average molecular weight is 456 g/mol. The first-order valence-electron chi connectivity index (χ1n) is 10.1. The molecule has 32 heavy (non-hydrogen) atoms. The van der Waals surface area contributed by atoms with Gasteiger partial charge in [-0.1, -0.05) is 42.1 Å². The number of hydrogen-bond acceptors (Lipinski definition) is 8. The number of rotatable bonds is 8. The Morgan fingerprint density at radius 3 is 2.50 bits per heavy atom. The summed E-state index contributed by atoms with van der Waals surface area (Å²) in [4.78, 5) is 28.5. The Morgan fingerprint density at radius 1 is 1.22 bits per heavy atom. The molecule has 0 bridgehead atoms. The van der Waals surface area contributed by atoms with E-state index in [1.54, 1.807) is 13.0 Å². The highest BCUT2D eigenvalue weighted by Gasteiger charge is 2.33. The van der Waals surface area contributed by atoms with E-state index in [1.807, 2.05) is 43.5 Å². The van der Waals surface area contributed by atoms with Gasteiger partial charge in [-0.15, -0.1) is 0 Å². The molecule has 8 nitrogen and oxygen atoms in total. The van der Waals surface area contributed by atoms with E-state index in [2.05, 4.69) is 10.3 Å². The van der Waals surface area contributed by atoms with Crippen LogP contribution in [0.3, 0.4) is 0 Å². The van der Waals surface area contributed by atoms with Crippen molar-refractivity contribution in [3.63, 3.8) is 0 Å². The van der Waals surface area contributed by atoms with E-state index < -0.39 is 11.0 Å². The van der Waals surface area contributed by atoms with E-state index in [1.165, 1.54) is 24.8 Å². The van der Waals surface area contributed by atoms with Crippen LogP contribution in [-0.2, 0) is 11.4 Å². The van der Waals surface area contributed by atoms with Crippen molar-refractivity contribution in [2.45, 2.75) is 33.4 Å². The van der Waals surface area contributed by atoms with Crippen LogP contribution in [-0.4, -0.2) is 28.7 Å². The van der Waals surface area contributed by atoms with Gasteiger partial charge in [0.25, 0.3) is 5.69 Å². The highest BCUT2D eigenvalue weighted by Crippen LogP contribution is 2.43. The first-order chi connectivity index (χ1) is 15.3. The van der Waals surface area contributed by atoms with Crippen molar-refractivity contribution in [2.75, 3.05) is 12.9 Å². The van der Waals surface area contributed by atoms with E-state index in [0.29, 0.717) is 28.8 Å². The minimum atomic E-state index is -0.820. The summed E-state index contributed by atoms with van der Waals surface area (Å²) in [7, 11) is 0. The molecule has 168 valence electrons. The van der Waals surface area contributed by atoms with Gasteiger partial charge in [0.05, 0.1) is 23.2 Å². The van der Waals surface area contributed by atoms with Crippen LogP contribution < -0.4 is 14.8 Å². The monoisotopic (exact) mass is 455 g/mol. The lowest BCUT2D eigenvalue weighted by atomic mass is 9.92. The SMILES string of the molecule is CCOc1cc([C@@H]2N=C(SC)NC(C)=C2C(C)=O)c([N+](=O)[O-])cc1OCc1ccccc1. The molecule has 0 radical (unpaired) electrons. The van der Waals surface area contributed by atoms with Crippen molar-refractivity contribution in [2.24, 2.45) is 4.99 Å². The minimum Gasteiger partial charge on any atom is -0.490 e. The number of aliphatic imine (C=N–C) groups is 1. The summed E-state index contributed by atoms with van der Waals surface area (Å²) in [5, 5.41) is 15.7. The van der Waals surface area contributed by atoms with Gasteiger partial charge in [-0.05, 0) is 38.7 Å². The summed E-state index contributed by atoms with van der Waals surface area (Å²) in [5.41, 5.74) is 2.03. The molecular weight excluding hydrogens is 430 g/mol. The van der Waals surface area contributed by atoms with E-state index in [4.69, 9.17) is 9.47 Å². The third kappa shape index (κ3) is 5.11. The van der Waals surface area contributed by atoms with Crippen molar-refractivity contribution >= 4 is 28.4 Å². The predicted molar refractivity (Wildman–Crippen MR) is 125 cm³/mol. The van der Waals surface area contributed by atoms with Crippen molar-refractivity contribution in [1.82, 2.24) is 5.32 Å². The largest absolute Gasteiger partial charge is 0.490 e. The lowest BCUT2D eigenvalue weighted by Crippen LogP contribution is -2.29. The molecule has 1 atom stereocenters. The number of hydrogen-bond donors (Lipinski definition) is 1. The van der Waals surface area contributed by atoms with Gasteiger partial charge in [-0.25, -0.2) is 4.99 Å². The molecule has 2 aromatic rings. The predicted octanol–water partition coefficient (Wildman–Crippen LogP) is 4.80. The van der Waals surface area contributed by atoms with Crippen molar-refractivity contribution in [3.8, 4) is 11.5 Å². The van der Waals surface area contributed by atoms with Crippen LogP contribution in [0.1, 0.15) is 37.9 Å². The second-order valence-corrected chi connectivity index (χ2v) is 7.88. The van der Waals surface area contributed by atoms with Crippen molar-refractivity contribution in [1.29, 1.82) is 0 Å². The van der Waals surface area contributed by atoms with E-state index >= 15 is 0 Å². The second kappa shape index (κ2) is 10.3. The Bertz CT molecular complexity index is 1080. The number of thioether (sulfide) groups is 1. The summed E-state index contributed by atoms with van der Waals surface area (Å²) in [6.07, 6.45) is 1.84. The third-order valence-corrected chi connectivity index (χ3v) is 5.51. The number of amidine groups is 1. The molecule has 1 aliphatic rings. The van der Waals surface area contributed by atoms with Gasteiger partial charge in [0.15, 0.2) is 22.4 Å².